The van der Waals surface area contributed by atoms with E-state index in [-0.39, 0.29) is 11.8 Å². The smallest absolute Gasteiger partial charge is 0.246 e. The molecule has 0 bridgehead atoms. The van der Waals surface area contributed by atoms with E-state index >= 15 is 0 Å². The second-order valence-electron chi connectivity index (χ2n) is 4.46. The predicted molar refractivity (Wildman–Crippen MR) is 51.2 cm³/mol. The fraction of sp³-hybridized carbons (Fsp3) is 0.800. The van der Waals surface area contributed by atoms with Gasteiger partial charge in [0.25, 0.3) is 0 Å². The van der Waals surface area contributed by atoms with Crippen LogP contribution in [0.25, 0.3) is 0 Å². The molecule has 2 amide bonds. The molecule has 78 valence electrons. The molecular weight excluding hydrogens is 180 g/mol. The molecule has 0 aromatic heterocycles. The maximum Gasteiger partial charge on any atom is 0.246 e. The van der Waals surface area contributed by atoms with E-state index in [0.29, 0.717) is 31.2 Å². The Morgan fingerprint density at radius 3 is 2.71 bits per heavy atom. The molecule has 1 aliphatic heterocycles. The minimum atomic E-state index is -0.457. The van der Waals surface area contributed by atoms with E-state index in [0.717, 1.165) is 6.42 Å². The van der Waals surface area contributed by atoms with Crippen molar-refractivity contribution in [3.63, 3.8) is 0 Å². The minimum Gasteiger partial charge on any atom is -0.320 e. The van der Waals surface area contributed by atoms with Crippen LogP contribution >= 0.6 is 0 Å². The van der Waals surface area contributed by atoms with Gasteiger partial charge in [0.05, 0.1) is 6.04 Å². The first-order chi connectivity index (χ1) is 6.59. The molecule has 2 rings (SSSR count). The summed E-state index contributed by atoms with van der Waals surface area (Å²) in [4.78, 5) is 24.4. The van der Waals surface area contributed by atoms with Crippen molar-refractivity contribution in [2.45, 2.75) is 32.2 Å². The van der Waals surface area contributed by atoms with Gasteiger partial charge in [-0.3, -0.25) is 14.5 Å². The van der Waals surface area contributed by atoms with Gasteiger partial charge in [0.2, 0.25) is 11.8 Å². The van der Waals surface area contributed by atoms with Gasteiger partial charge < -0.3 is 5.73 Å². The summed E-state index contributed by atoms with van der Waals surface area (Å²) in [6.45, 7) is 2.73. The topological polar surface area (TPSA) is 63.4 Å². The Labute approximate surface area is 83.4 Å². The quantitative estimate of drug-likeness (QED) is 0.638. The number of piperidine rings is 1. The monoisotopic (exact) mass is 196 g/mol. The van der Waals surface area contributed by atoms with Crippen LogP contribution in [0.3, 0.4) is 0 Å². The Bertz CT molecular complexity index is 277. The molecule has 14 heavy (non-hydrogen) atoms. The van der Waals surface area contributed by atoms with Crippen LogP contribution in [0.2, 0.25) is 0 Å². The molecule has 1 saturated carbocycles. The lowest BCUT2D eigenvalue weighted by Gasteiger charge is -2.28. The van der Waals surface area contributed by atoms with Gasteiger partial charge >= 0.3 is 0 Å². The number of nitrogens with zero attached hydrogens (tertiary/aromatic N) is 1. The van der Waals surface area contributed by atoms with Gasteiger partial charge in [-0.2, -0.15) is 0 Å². The summed E-state index contributed by atoms with van der Waals surface area (Å²) in [6, 6.07) is -0.457. The Hall–Kier alpha value is -0.900. The van der Waals surface area contributed by atoms with Crippen molar-refractivity contribution in [1.82, 2.24) is 4.90 Å². The predicted octanol–water partition coefficient (Wildman–Crippen LogP) is 0.119. The summed E-state index contributed by atoms with van der Waals surface area (Å²) < 4.78 is 0. The largest absolute Gasteiger partial charge is 0.320 e. The molecule has 2 fully saturated rings. The molecule has 1 saturated heterocycles. The van der Waals surface area contributed by atoms with Crippen molar-refractivity contribution in [2.75, 3.05) is 6.54 Å². The van der Waals surface area contributed by atoms with Crippen LogP contribution < -0.4 is 5.73 Å². The molecule has 4 heteroatoms. The number of nitrogens with two attached hydrogens (primary N) is 1. The van der Waals surface area contributed by atoms with E-state index in [1.54, 1.807) is 0 Å². The van der Waals surface area contributed by atoms with Crippen LogP contribution in [0, 0.1) is 11.8 Å². The van der Waals surface area contributed by atoms with Gasteiger partial charge in [0, 0.05) is 13.0 Å². The highest BCUT2D eigenvalue weighted by molar-refractivity contribution is 6.00. The molecule has 0 spiro atoms. The van der Waals surface area contributed by atoms with Gasteiger partial charge in [-0.1, -0.05) is 6.92 Å². The first-order valence-corrected chi connectivity index (χ1v) is 5.19. The fourth-order valence-electron chi connectivity index (χ4n) is 1.94. The normalized spacial score (nSPS) is 37.6. The summed E-state index contributed by atoms with van der Waals surface area (Å²) >= 11 is 0. The van der Waals surface area contributed by atoms with E-state index in [9.17, 15) is 9.59 Å². The maximum atomic E-state index is 11.6. The summed E-state index contributed by atoms with van der Waals surface area (Å²) in [7, 11) is 0. The second kappa shape index (κ2) is 3.35. The van der Waals surface area contributed by atoms with E-state index in [1.807, 2.05) is 0 Å². The first kappa shape index (κ1) is 9.65. The van der Waals surface area contributed by atoms with Crippen molar-refractivity contribution < 1.29 is 9.59 Å². The standard InChI is InChI=1S/C10H16N2O2/c1-6-4-7(6)5-12-9(13)3-2-8(11)10(12)14/h6-8H,2-5,11H2,1H3/t6?,7-,8?/m1/s1. The lowest BCUT2D eigenvalue weighted by molar-refractivity contribution is -0.149. The Kier molecular flexibility index (Phi) is 2.31. The van der Waals surface area contributed by atoms with Gasteiger partial charge in [-0.15, -0.1) is 0 Å². The summed E-state index contributed by atoms with van der Waals surface area (Å²) in [5, 5.41) is 0. The first-order valence-electron chi connectivity index (χ1n) is 5.19. The van der Waals surface area contributed by atoms with Crippen LogP contribution in [-0.2, 0) is 9.59 Å². The molecule has 2 aliphatic rings. The zero-order valence-corrected chi connectivity index (χ0v) is 8.40. The highest BCUT2D eigenvalue weighted by atomic mass is 16.2. The van der Waals surface area contributed by atoms with Crippen LogP contribution in [0.1, 0.15) is 26.2 Å². The number of hydrogen-bond donors (Lipinski definition) is 1. The van der Waals surface area contributed by atoms with Crippen LogP contribution in [0.5, 0.6) is 0 Å². The summed E-state index contributed by atoms with van der Waals surface area (Å²) in [6.07, 6.45) is 2.06. The third-order valence-corrected chi connectivity index (χ3v) is 3.25. The summed E-state index contributed by atoms with van der Waals surface area (Å²) in [5.74, 6) is 0.957. The highest BCUT2D eigenvalue weighted by Crippen LogP contribution is 2.38. The highest BCUT2D eigenvalue weighted by Gasteiger charge is 2.39. The zero-order chi connectivity index (χ0) is 10.3. The van der Waals surface area contributed by atoms with Crippen LogP contribution in [-0.4, -0.2) is 29.3 Å². The number of hydrogen-bond acceptors (Lipinski definition) is 3. The molecule has 0 aromatic rings. The molecule has 2 N–H and O–H groups in total. The van der Waals surface area contributed by atoms with Gasteiger partial charge in [0.15, 0.2) is 0 Å². The van der Waals surface area contributed by atoms with Crippen molar-refractivity contribution in [3.05, 3.63) is 0 Å². The number of amides is 2. The van der Waals surface area contributed by atoms with Crippen LogP contribution in [0.4, 0.5) is 0 Å². The Balaban J connectivity index is 1.99. The molecule has 0 aromatic carbocycles. The third kappa shape index (κ3) is 1.66. The van der Waals surface area contributed by atoms with Crippen molar-refractivity contribution in [3.8, 4) is 0 Å². The molecular formula is C10H16N2O2. The Morgan fingerprint density at radius 2 is 2.14 bits per heavy atom. The molecule has 2 unspecified atom stereocenters. The van der Waals surface area contributed by atoms with Gasteiger partial charge in [-0.05, 0) is 24.7 Å². The van der Waals surface area contributed by atoms with E-state index in [2.05, 4.69) is 6.92 Å². The molecule has 3 atom stereocenters. The number of carbonyl (C=O) groups is 2. The van der Waals surface area contributed by atoms with Gasteiger partial charge in [0.1, 0.15) is 0 Å². The lowest BCUT2D eigenvalue weighted by Crippen LogP contribution is -2.51. The van der Waals surface area contributed by atoms with Gasteiger partial charge in [-0.25, -0.2) is 0 Å². The number of carbonyl (C=O) groups excluding carboxylic acids is 2. The lowest BCUT2D eigenvalue weighted by atomic mass is 10.0. The van der Waals surface area contributed by atoms with Crippen molar-refractivity contribution in [1.29, 1.82) is 0 Å². The second-order valence-corrected chi connectivity index (χ2v) is 4.46. The van der Waals surface area contributed by atoms with Crippen molar-refractivity contribution >= 4 is 11.8 Å². The SMILES string of the molecule is CC1C[C@@H]1CN1C(=O)CCC(N)C1=O. The number of imide groups is 1. The van der Waals surface area contributed by atoms with E-state index < -0.39 is 6.04 Å². The number of likely N-dealkylation sites (tertiary alicyclic amines) is 1. The minimum absolute atomic E-state index is 0.0456. The maximum absolute atomic E-state index is 11.6. The molecule has 0 radical (unpaired) electrons. The molecule has 4 nitrogen and oxygen atoms in total. The number of rotatable bonds is 2. The molecule has 1 aliphatic carbocycles. The fourth-order valence-corrected chi connectivity index (χ4v) is 1.94. The van der Waals surface area contributed by atoms with E-state index in [1.165, 1.54) is 4.90 Å². The average Bonchev–Trinajstić information content (AvgIpc) is 2.83. The van der Waals surface area contributed by atoms with E-state index in [4.69, 9.17) is 5.73 Å². The zero-order valence-electron chi connectivity index (χ0n) is 8.40. The average molecular weight is 196 g/mol. The molecule has 1 heterocycles. The summed E-state index contributed by atoms with van der Waals surface area (Å²) in [5.41, 5.74) is 5.62. The van der Waals surface area contributed by atoms with Crippen molar-refractivity contribution in [2.24, 2.45) is 17.6 Å². The Morgan fingerprint density at radius 1 is 1.50 bits per heavy atom. The third-order valence-electron chi connectivity index (χ3n) is 3.25. The van der Waals surface area contributed by atoms with Crippen LogP contribution in [0.15, 0.2) is 0 Å².